The summed E-state index contributed by atoms with van der Waals surface area (Å²) in [6.07, 6.45) is 11.5. The zero-order valence-electron chi connectivity index (χ0n) is 13.1. The lowest BCUT2D eigenvalue weighted by atomic mass is 9.49. The van der Waals surface area contributed by atoms with Crippen LogP contribution in [-0.2, 0) is 4.79 Å². The molecule has 1 saturated heterocycles. The van der Waals surface area contributed by atoms with Gasteiger partial charge in [-0.2, -0.15) is 0 Å². The number of nitrogens with zero attached hydrogens (tertiary/aromatic N) is 1. The molecule has 0 aromatic carbocycles. The zero-order chi connectivity index (χ0) is 14.4. The number of carbonyl (C=O) groups is 1. The van der Waals surface area contributed by atoms with E-state index in [0.29, 0.717) is 17.8 Å². The van der Waals surface area contributed by atoms with Gasteiger partial charge in [-0.05, 0) is 87.0 Å². The Morgan fingerprint density at radius 3 is 2.29 bits per heavy atom. The third kappa shape index (κ3) is 2.86. The molecule has 0 aromatic heterocycles. The van der Waals surface area contributed by atoms with Gasteiger partial charge in [0.05, 0.1) is 0 Å². The van der Waals surface area contributed by atoms with Crippen molar-refractivity contribution in [3.8, 4) is 0 Å². The number of aliphatic carboxylic acids is 1. The number of hydrogen-bond acceptors (Lipinski definition) is 2. The van der Waals surface area contributed by atoms with Crippen LogP contribution in [0.15, 0.2) is 0 Å². The van der Waals surface area contributed by atoms with Crippen molar-refractivity contribution >= 4 is 5.97 Å². The lowest BCUT2D eigenvalue weighted by Gasteiger charge is -2.57. The fourth-order valence-corrected chi connectivity index (χ4v) is 6.58. The topological polar surface area (TPSA) is 40.5 Å². The molecule has 0 amide bonds. The molecule has 3 nitrogen and oxygen atoms in total. The van der Waals surface area contributed by atoms with Crippen LogP contribution in [0.3, 0.4) is 0 Å². The third-order valence-corrected chi connectivity index (χ3v) is 6.86. The molecule has 4 bridgehead atoms. The summed E-state index contributed by atoms with van der Waals surface area (Å²) >= 11 is 0. The lowest BCUT2D eigenvalue weighted by Crippen LogP contribution is -2.50. The molecule has 118 valence electrons. The van der Waals surface area contributed by atoms with Crippen LogP contribution in [0.25, 0.3) is 0 Å². The van der Waals surface area contributed by atoms with Gasteiger partial charge in [0.15, 0.2) is 0 Å². The maximum absolute atomic E-state index is 10.7. The van der Waals surface area contributed by atoms with Crippen molar-refractivity contribution in [2.75, 3.05) is 19.6 Å². The first-order chi connectivity index (χ1) is 10.1. The lowest BCUT2D eigenvalue weighted by molar-refractivity contribution is -0.137. The molecule has 0 radical (unpaired) electrons. The highest BCUT2D eigenvalue weighted by atomic mass is 16.4. The van der Waals surface area contributed by atoms with Crippen LogP contribution in [-0.4, -0.2) is 35.6 Å². The van der Waals surface area contributed by atoms with Gasteiger partial charge in [-0.1, -0.05) is 0 Å². The molecule has 3 heteroatoms. The standard InChI is InChI=1S/C18H29NO2/c20-17(21)2-1-13-3-4-19(11-13)12-18-8-14-5-15(9-18)7-16(6-14)10-18/h13-16H,1-12H2,(H,20,21). The largest absolute Gasteiger partial charge is 0.481 e. The van der Waals surface area contributed by atoms with Gasteiger partial charge < -0.3 is 10.0 Å². The maximum Gasteiger partial charge on any atom is 0.303 e. The minimum atomic E-state index is -0.630. The summed E-state index contributed by atoms with van der Waals surface area (Å²) in [5, 5.41) is 8.84. The SMILES string of the molecule is O=C(O)CCC1CCN(CC23CC4CC(CC(C4)C2)C3)C1. The fourth-order valence-electron chi connectivity index (χ4n) is 6.58. The molecule has 1 atom stereocenters. The first-order valence-electron chi connectivity index (χ1n) is 9.04. The Kier molecular flexibility index (Phi) is 3.52. The van der Waals surface area contributed by atoms with Crippen molar-refractivity contribution in [3.05, 3.63) is 0 Å². The van der Waals surface area contributed by atoms with Crippen molar-refractivity contribution in [1.82, 2.24) is 4.90 Å². The maximum atomic E-state index is 10.7. The molecule has 5 fully saturated rings. The van der Waals surface area contributed by atoms with E-state index in [1.54, 1.807) is 0 Å². The molecule has 5 aliphatic rings. The van der Waals surface area contributed by atoms with E-state index in [-0.39, 0.29) is 0 Å². The number of carboxylic acid groups (broad SMARTS) is 1. The van der Waals surface area contributed by atoms with E-state index in [9.17, 15) is 4.79 Å². The summed E-state index contributed by atoms with van der Waals surface area (Å²) in [5.74, 6) is 3.13. The van der Waals surface area contributed by atoms with Crippen LogP contribution in [0.2, 0.25) is 0 Å². The van der Waals surface area contributed by atoms with Gasteiger partial charge in [0.25, 0.3) is 0 Å². The highest BCUT2D eigenvalue weighted by Crippen LogP contribution is 2.60. The minimum absolute atomic E-state index is 0.357. The molecule has 21 heavy (non-hydrogen) atoms. The van der Waals surface area contributed by atoms with Gasteiger partial charge in [0.2, 0.25) is 0 Å². The summed E-state index contributed by atoms with van der Waals surface area (Å²) in [6, 6.07) is 0. The molecule has 5 rings (SSSR count). The van der Waals surface area contributed by atoms with Crippen molar-refractivity contribution < 1.29 is 9.90 Å². The third-order valence-electron chi connectivity index (χ3n) is 6.86. The molecule has 4 aliphatic carbocycles. The Morgan fingerprint density at radius 2 is 1.71 bits per heavy atom. The van der Waals surface area contributed by atoms with E-state index in [1.807, 2.05) is 0 Å². The molecule has 1 aliphatic heterocycles. The fraction of sp³-hybridized carbons (Fsp3) is 0.944. The van der Waals surface area contributed by atoms with E-state index >= 15 is 0 Å². The van der Waals surface area contributed by atoms with Gasteiger partial charge in [0, 0.05) is 19.5 Å². The monoisotopic (exact) mass is 291 g/mol. The normalized spacial score (nSPS) is 45.3. The van der Waals surface area contributed by atoms with E-state index in [1.165, 1.54) is 58.0 Å². The molecule has 0 spiro atoms. The average Bonchev–Trinajstić information content (AvgIpc) is 2.81. The predicted octanol–water partition coefficient (Wildman–Crippen LogP) is 3.39. The smallest absolute Gasteiger partial charge is 0.303 e. The van der Waals surface area contributed by atoms with Crippen LogP contribution in [0.4, 0.5) is 0 Å². The van der Waals surface area contributed by atoms with Gasteiger partial charge in [-0.15, -0.1) is 0 Å². The van der Waals surface area contributed by atoms with Gasteiger partial charge in [-0.3, -0.25) is 4.79 Å². The van der Waals surface area contributed by atoms with Crippen molar-refractivity contribution in [1.29, 1.82) is 0 Å². The summed E-state index contributed by atoms with van der Waals surface area (Å²) in [7, 11) is 0. The Hall–Kier alpha value is -0.570. The minimum Gasteiger partial charge on any atom is -0.481 e. The second-order valence-corrected chi connectivity index (χ2v) is 8.74. The molecular formula is C18H29NO2. The number of rotatable bonds is 5. The van der Waals surface area contributed by atoms with Crippen molar-refractivity contribution in [2.45, 2.75) is 57.8 Å². The molecule has 4 saturated carbocycles. The number of hydrogen-bond donors (Lipinski definition) is 1. The van der Waals surface area contributed by atoms with Crippen LogP contribution in [0, 0.1) is 29.1 Å². The highest BCUT2D eigenvalue weighted by molar-refractivity contribution is 5.66. The molecule has 1 unspecified atom stereocenters. The first kappa shape index (κ1) is 14.0. The Balaban J connectivity index is 1.33. The van der Waals surface area contributed by atoms with Crippen LogP contribution in [0.1, 0.15) is 57.8 Å². The predicted molar refractivity (Wildman–Crippen MR) is 82.0 cm³/mol. The average molecular weight is 291 g/mol. The quantitative estimate of drug-likeness (QED) is 0.844. The van der Waals surface area contributed by atoms with E-state index < -0.39 is 5.97 Å². The number of likely N-dealkylation sites (tertiary alicyclic amines) is 1. The molecule has 1 heterocycles. The number of carboxylic acids is 1. The van der Waals surface area contributed by atoms with Gasteiger partial charge in [-0.25, -0.2) is 0 Å². The van der Waals surface area contributed by atoms with E-state index in [0.717, 1.165) is 30.7 Å². The second-order valence-electron chi connectivity index (χ2n) is 8.74. The second kappa shape index (κ2) is 5.26. The highest BCUT2D eigenvalue weighted by Gasteiger charge is 2.51. The van der Waals surface area contributed by atoms with Crippen molar-refractivity contribution in [3.63, 3.8) is 0 Å². The van der Waals surface area contributed by atoms with Crippen LogP contribution < -0.4 is 0 Å². The molecule has 0 aromatic rings. The summed E-state index contributed by atoms with van der Waals surface area (Å²) in [5.41, 5.74) is 0.649. The van der Waals surface area contributed by atoms with Crippen LogP contribution >= 0.6 is 0 Å². The van der Waals surface area contributed by atoms with Crippen LogP contribution in [0.5, 0.6) is 0 Å². The van der Waals surface area contributed by atoms with Crippen molar-refractivity contribution in [2.24, 2.45) is 29.1 Å². The van der Waals surface area contributed by atoms with E-state index in [4.69, 9.17) is 5.11 Å². The van der Waals surface area contributed by atoms with Gasteiger partial charge >= 0.3 is 5.97 Å². The molecule has 1 N–H and O–H groups in total. The Bertz CT molecular complexity index is 384. The Morgan fingerprint density at radius 1 is 1.10 bits per heavy atom. The molecular weight excluding hydrogens is 262 g/mol. The summed E-state index contributed by atoms with van der Waals surface area (Å²) in [6.45, 7) is 3.70. The Labute approximate surface area is 128 Å². The summed E-state index contributed by atoms with van der Waals surface area (Å²) in [4.78, 5) is 13.4. The first-order valence-corrected chi connectivity index (χ1v) is 9.04. The summed E-state index contributed by atoms with van der Waals surface area (Å²) < 4.78 is 0. The van der Waals surface area contributed by atoms with Gasteiger partial charge in [0.1, 0.15) is 0 Å². The van der Waals surface area contributed by atoms with E-state index in [2.05, 4.69) is 4.90 Å². The zero-order valence-corrected chi connectivity index (χ0v) is 13.1.